The molecule has 18 heavy (non-hydrogen) atoms. The van der Waals surface area contributed by atoms with Gasteiger partial charge in [-0.1, -0.05) is 11.6 Å². The Balaban J connectivity index is 2.29. The SMILES string of the molecule is N=C(N)c1cc(Cl)ccc1N1CCCC(CO)C1. The minimum absolute atomic E-state index is 0.0265. The minimum atomic E-state index is 0.0265. The molecule has 1 aromatic rings. The van der Waals surface area contributed by atoms with E-state index in [-0.39, 0.29) is 12.4 Å². The highest BCUT2D eigenvalue weighted by Crippen LogP contribution is 2.28. The number of nitrogens with one attached hydrogen (secondary N) is 1. The Morgan fingerprint density at radius 3 is 3.00 bits per heavy atom. The van der Waals surface area contributed by atoms with Crippen molar-refractivity contribution in [2.45, 2.75) is 12.8 Å². The molecule has 4 nitrogen and oxygen atoms in total. The lowest BCUT2D eigenvalue weighted by atomic mass is 9.97. The maximum absolute atomic E-state index is 9.26. The van der Waals surface area contributed by atoms with Crippen LogP contribution in [-0.4, -0.2) is 30.6 Å². The Labute approximate surface area is 112 Å². The van der Waals surface area contributed by atoms with Crippen molar-refractivity contribution < 1.29 is 5.11 Å². The summed E-state index contributed by atoms with van der Waals surface area (Å²) in [6.07, 6.45) is 2.10. The fraction of sp³-hybridized carbons (Fsp3) is 0.462. The summed E-state index contributed by atoms with van der Waals surface area (Å²) >= 11 is 5.95. The van der Waals surface area contributed by atoms with Gasteiger partial charge in [0.05, 0.1) is 0 Å². The van der Waals surface area contributed by atoms with Crippen molar-refractivity contribution in [3.63, 3.8) is 0 Å². The summed E-state index contributed by atoms with van der Waals surface area (Å²) in [5.74, 6) is 0.327. The van der Waals surface area contributed by atoms with Gasteiger partial charge in [0.25, 0.3) is 0 Å². The first-order chi connectivity index (χ1) is 8.61. The lowest BCUT2D eigenvalue weighted by molar-refractivity contribution is 0.208. The quantitative estimate of drug-likeness (QED) is 0.578. The monoisotopic (exact) mass is 267 g/mol. The number of piperidine rings is 1. The summed E-state index contributed by atoms with van der Waals surface area (Å²) in [4.78, 5) is 2.18. The van der Waals surface area contributed by atoms with Gasteiger partial charge >= 0.3 is 0 Å². The van der Waals surface area contributed by atoms with E-state index in [2.05, 4.69) is 4.90 Å². The third-order valence-electron chi connectivity index (χ3n) is 3.37. The molecule has 2 rings (SSSR count). The van der Waals surface area contributed by atoms with E-state index < -0.39 is 0 Å². The smallest absolute Gasteiger partial charge is 0.124 e. The van der Waals surface area contributed by atoms with Gasteiger partial charge in [-0.2, -0.15) is 0 Å². The summed E-state index contributed by atoms with van der Waals surface area (Å²) < 4.78 is 0. The maximum Gasteiger partial charge on any atom is 0.124 e. The predicted octanol–water partition coefficient (Wildman–Crippen LogP) is 1.83. The number of amidine groups is 1. The fourth-order valence-electron chi connectivity index (χ4n) is 2.43. The molecule has 5 heteroatoms. The first kappa shape index (κ1) is 13.2. The molecule has 0 spiro atoms. The molecular weight excluding hydrogens is 250 g/mol. The number of anilines is 1. The van der Waals surface area contributed by atoms with Crippen LogP contribution in [0.15, 0.2) is 18.2 Å². The van der Waals surface area contributed by atoms with Gasteiger partial charge in [-0.3, -0.25) is 5.41 Å². The summed E-state index contributed by atoms with van der Waals surface area (Å²) in [5, 5.41) is 17.5. The largest absolute Gasteiger partial charge is 0.396 e. The first-order valence-electron chi connectivity index (χ1n) is 6.11. The molecule has 0 saturated carbocycles. The van der Waals surface area contributed by atoms with Crippen molar-refractivity contribution in [3.05, 3.63) is 28.8 Å². The van der Waals surface area contributed by atoms with Crippen LogP contribution in [0.25, 0.3) is 0 Å². The van der Waals surface area contributed by atoms with Gasteiger partial charge in [-0.25, -0.2) is 0 Å². The van der Waals surface area contributed by atoms with Gasteiger partial charge in [-0.15, -0.1) is 0 Å². The van der Waals surface area contributed by atoms with Gasteiger partial charge < -0.3 is 15.7 Å². The molecule has 1 heterocycles. The standard InChI is InChI=1S/C13H18ClN3O/c14-10-3-4-12(11(6-10)13(15)16)17-5-1-2-9(7-17)8-18/h3-4,6,9,18H,1-2,5,7-8H2,(H3,15,16). The zero-order valence-electron chi connectivity index (χ0n) is 10.2. The van der Waals surface area contributed by atoms with E-state index in [1.807, 2.05) is 12.1 Å². The normalized spacial score (nSPS) is 19.9. The van der Waals surface area contributed by atoms with E-state index in [1.165, 1.54) is 0 Å². The molecule has 1 aromatic carbocycles. The molecule has 1 unspecified atom stereocenters. The van der Waals surface area contributed by atoms with E-state index >= 15 is 0 Å². The van der Waals surface area contributed by atoms with Crippen LogP contribution >= 0.6 is 11.6 Å². The van der Waals surface area contributed by atoms with Crippen LogP contribution in [0.4, 0.5) is 5.69 Å². The highest BCUT2D eigenvalue weighted by molar-refractivity contribution is 6.31. The topological polar surface area (TPSA) is 73.3 Å². The number of rotatable bonds is 3. The van der Waals surface area contributed by atoms with Crippen LogP contribution in [0.5, 0.6) is 0 Å². The van der Waals surface area contributed by atoms with Crippen molar-refractivity contribution >= 4 is 23.1 Å². The van der Waals surface area contributed by atoms with Crippen molar-refractivity contribution in [2.75, 3.05) is 24.6 Å². The number of nitrogens with two attached hydrogens (primary N) is 1. The maximum atomic E-state index is 9.26. The molecule has 0 amide bonds. The molecule has 1 fully saturated rings. The zero-order valence-corrected chi connectivity index (χ0v) is 11.0. The van der Waals surface area contributed by atoms with E-state index in [0.717, 1.165) is 31.6 Å². The van der Waals surface area contributed by atoms with Gasteiger partial charge in [-0.05, 0) is 37.0 Å². The minimum Gasteiger partial charge on any atom is -0.396 e. The summed E-state index contributed by atoms with van der Waals surface area (Å²) in [6, 6.07) is 5.44. The second kappa shape index (κ2) is 5.59. The molecule has 1 saturated heterocycles. The van der Waals surface area contributed by atoms with Crippen molar-refractivity contribution in [3.8, 4) is 0 Å². The third kappa shape index (κ3) is 2.76. The number of aliphatic hydroxyl groups excluding tert-OH is 1. The molecule has 1 atom stereocenters. The second-order valence-corrected chi connectivity index (χ2v) is 5.15. The zero-order chi connectivity index (χ0) is 13.1. The molecule has 0 bridgehead atoms. The number of benzene rings is 1. The second-order valence-electron chi connectivity index (χ2n) is 4.71. The molecule has 0 aromatic heterocycles. The number of hydrogen-bond donors (Lipinski definition) is 3. The Kier molecular flexibility index (Phi) is 4.09. The number of hydrogen-bond acceptors (Lipinski definition) is 3. The van der Waals surface area contributed by atoms with Crippen LogP contribution in [0.2, 0.25) is 5.02 Å². The summed E-state index contributed by atoms with van der Waals surface area (Å²) in [7, 11) is 0. The highest BCUT2D eigenvalue weighted by atomic mass is 35.5. The molecule has 98 valence electrons. The summed E-state index contributed by atoms with van der Waals surface area (Å²) in [6.45, 7) is 1.94. The van der Waals surface area contributed by atoms with Gasteiger partial charge in [0.2, 0.25) is 0 Å². The number of halogens is 1. The average Bonchev–Trinajstić information content (AvgIpc) is 2.38. The van der Waals surface area contributed by atoms with E-state index in [0.29, 0.717) is 16.5 Å². The number of nitrogen functional groups attached to an aromatic ring is 1. The molecule has 1 aliphatic heterocycles. The van der Waals surface area contributed by atoms with E-state index in [4.69, 9.17) is 22.7 Å². The number of nitrogens with zero attached hydrogens (tertiary/aromatic N) is 1. The lowest BCUT2D eigenvalue weighted by Crippen LogP contribution is -2.38. The third-order valence-corrected chi connectivity index (χ3v) is 3.60. The van der Waals surface area contributed by atoms with Crippen LogP contribution in [0.1, 0.15) is 18.4 Å². The van der Waals surface area contributed by atoms with E-state index in [1.54, 1.807) is 6.07 Å². The van der Waals surface area contributed by atoms with Gasteiger partial charge in [0, 0.05) is 36.0 Å². The Morgan fingerprint density at radius 2 is 2.33 bits per heavy atom. The fourth-order valence-corrected chi connectivity index (χ4v) is 2.60. The predicted molar refractivity (Wildman–Crippen MR) is 74.5 cm³/mol. The molecule has 0 radical (unpaired) electrons. The Hall–Kier alpha value is -1.26. The van der Waals surface area contributed by atoms with Gasteiger partial charge in [0.15, 0.2) is 0 Å². The Morgan fingerprint density at radius 1 is 1.56 bits per heavy atom. The average molecular weight is 268 g/mol. The molecule has 0 aliphatic carbocycles. The van der Waals surface area contributed by atoms with Crippen LogP contribution in [-0.2, 0) is 0 Å². The van der Waals surface area contributed by atoms with Crippen LogP contribution in [0, 0.1) is 11.3 Å². The molecule has 4 N–H and O–H groups in total. The lowest BCUT2D eigenvalue weighted by Gasteiger charge is -2.34. The van der Waals surface area contributed by atoms with Crippen LogP contribution in [0.3, 0.4) is 0 Å². The summed E-state index contributed by atoms with van der Waals surface area (Å²) in [5.41, 5.74) is 7.21. The number of aliphatic hydroxyl groups is 1. The molecule has 1 aliphatic rings. The van der Waals surface area contributed by atoms with Crippen LogP contribution < -0.4 is 10.6 Å². The highest BCUT2D eigenvalue weighted by Gasteiger charge is 2.21. The van der Waals surface area contributed by atoms with E-state index in [9.17, 15) is 5.11 Å². The van der Waals surface area contributed by atoms with Gasteiger partial charge in [0.1, 0.15) is 5.84 Å². The van der Waals surface area contributed by atoms with Crippen molar-refractivity contribution in [1.29, 1.82) is 5.41 Å². The Bertz CT molecular complexity index is 450. The van der Waals surface area contributed by atoms with Crippen molar-refractivity contribution in [2.24, 2.45) is 11.7 Å². The molecular formula is C13H18ClN3O. The van der Waals surface area contributed by atoms with Crippen molar-refractivity contribution in [1.82, 2.24) is 0 Å². The first-order valence-corrected chi connectivity index (χ1v) is 6.49.